The number of nitrogens with one attached hydrogen (secondary N) is 1. The van der Waals surface area contributed by atoms with E-state index in [0.29, 0.717) is 11.4 Å². The fraction of sp³-hybridized carbons (Fsp3) is 0.0870. The van der Waals surface area contributed by atoms with Crippen LogP contribution in [0.25, 0.3) is 11.8 Å². The molecule has 0 unspecified atom stereocenters. The second-order valence-corrected chi connectivity index (χ2v) is 7.13. The zero-order chi connectivity index (χ0) is 21.3. The molecule has 4 rings (SSSR count). The van der Waals surface area contributed by atoms with Crippen LogP contribution in [0, 0.1) is 6.92 Å². The molecule has 0 spiro atoms. The van der Waals surface area contributed by atoms with Gasteiger partial charge in [0.2, 0.25) is 0 Å². The molecule has 0 saturated carbocycles. The molecule has 1 fully saturated rings. The summed E-state index contributed by atoms with van der Waals surface area (Å²) in [5.74, 6) is -0.229. The van der Waals surface area contributed by atoms with Gasteiger partial charge in [-0.2, -0.15) is 0 Å². The van der Waals surface area contributed by atoms with Crippen molar-refractivity contribution >= 4 is 40.9 Å². The average molecular weight is 417 g/mol. The minimum Gasteiger partial charge on any atom is -0.497 e. The van der Waals surface area contributed by atoms with E-state index in [-0.39, 0.29) is 10.7 Å². The van der Waals surface area contributed by atoms with Gasteiger partial charge in [-0.3, -0.25) is 19.8 Å². The molecule has 1 saturated heterocycles. The number of rotatable bonds is 4. The number of aromatic nitrogens is 1. The first-order valence-corrected chi connectivity index (χ1v) is 9.69. The number of hydrogen-bond acceptors (Lipinski definition) is 4. The minimum atomic E-state index is -0.516. The number of methoxy groups -OCH3 is 1. The topological polar surface area (TPSA) is 63.6 Å². The van der Waals surface area contributed by atoms with Gasteiger partial charge in [0, 0.05) is 17.6 Å². The second-order valence-electron chi connectivity index (χ2n) is 6.75. The quantitative estimate of drug-likeness (QED) is 0.400. The largest absolute Gasteiger partial charge is 0.497 e. The summed E-state index contributed by atoms with van der Waals surface area (Å²) >= 11 is 5.28. The molecule has 0 atom stereocenters. The first-order chi connectivity index (χ1) is 14.5. The van der Waals surface area contributed by atoms with E-state index in [4.69, 9.17) is 17.0 Å². The SMILES string of the molecule is COc1ccc(-n2cccc2/C=C2\C(=O)NC(=S)N(c3ccccc3C)C2=O)cc1. The Hall–Kier alpha value is -3.71. The maximum absolute atomic E-state index is 13.2. The molecule has 1 aromatic heterocycles. The molecule has 2 amide bonds. The molecule has 3 aromatic rings. The van der Waals surface area contributed by atoms with E-state index in [1.54, 1.807) is 19.3 Å². The van der Waals surface area contributed by atoms with Crippen molar-refractivity contribution in [2.45, 2.75) is 6.92 Å². The zero-order valence-electron chi connectivity index (χ0n) is 16.5. The van der Waals surface area contributed by atoms with Gasteiger partial charge in [0.1, 0.15) is 11.3 Å². The molecule has 2 aromatic carbocycles. The van der Waals surface area contributed by atoms with Crippen LogP contribution >= 0.6 is 12.2 Å². The number of ether oxygens (including phenoxy) is 1. The lowest BCUT2D eigenvalue weighted by Gasteiger charge is -2.30. The summed E-state index contributed by atoms with van der Waals surface area (Å²) in [6.45, 7) is 1.89. The van der Waals surface area contributed by atoms with Gasteiger partial charge in [-0.15, -0.1) is 0 Å². The molecule has 0 radical (unpaired) electrons. The van der Waals surface area contributed by atoms with Gasteiger partial charge in [0.15, 0.2) is 5.11 Å². The fourth-order valence-electron chi connectivity index (χ4n) is 3.33. The van der Waals surface area contributed by atoms with E-state index < -0.39 is 11.8 Å². The van der Waals surface area contributed by atoms with Gasteiger partial charge in [-0.05, 0) is 73.2 Å². The molecule has 1 aliphatic rings. The Morgan fingerprint density at radius 1 is 1.00 bits per heavy atom. The molecule has 2 heterocycles. The Kier molecular flexibility index (Phi) is 5.20. The summed E-state index contributed by atoms with van der Waals surface area (Å²) in [6, 6.07) is 18.6. The summed E-state index contributed by atoms with van der Waals surface area (Å²) in [6.07, 6.45) is 3.44. The molecule has 1 N–H and O–H groups in total. The lowest BCUT2D eigenvalue weighted by atomic mass is 10.1. The Morgan fingerprint density at radius 2 is 1.73 bits per heavy atom. The summed E-state index contributed by atoms with van der Waals surface area (Å²) in [5, 5.41) is 2.70. The maximum Gasteiger partial charge on any atom is 0.270 e. The van der Waals surface area contributed by atoms with E-state index in [1.165, 1.54) is 4.90 Å². The predicted octanol–water partition coefficient (Wildman–Crippen LogP) is 3.63. The van der Waals surface area contributed by atoms with Crippen LogP contribution in [0.1, 0.15) is 11.3 Å². The normalized spacial score (nSPS) is 15.5. The highest BCUT2D eigenvalue weighted by Gasteiger charge is 2.35. The van der Waals surface area contributed by atoms with Crippen molar-refractivity contribution in [3.05, 3.63) is 83.7 Å². The van der Waals surface area contributed by atoms with Crippen LogP contribution in [0.3, 0.4) is 0 Å². The third-order valence-corrected chi connectivity index (χ3v) is 5.17. The van der Waals surface area contributed by atoms with Crippen LogP contribution in [0.2, 0.25) is 0 Å². The van der Waals surface area contributed by atoms with Gasteiger partial charge < -0.3 is 9.30 Å². The van der Waals surface area contributed by atoms with Gasteiger partial charge in [0.05, 0.1) is 12.8 Å². The van der Waals surface area contributed by atoms with E-state index in [2.05, 4.69) is 5.32 Å². The molecular formula is C23H19N3O3S. The number of benzene rings is 2. The summed E-state index contributed by atoms with van der Waals surface area (Å²) in [4.78, 5) is 27.2. The number of hydrogen-bond donors (Lipinski definition) is 1. The lowest BCUT2D eigenvalue weighted by molar-refractivity contribution is -0.122. The molecule has 150 valence electrons. The van der Waals surface area contributed by atoms with Crippen molar-refractivity contribution in [2.24, 2.45) is 0 Å². The fourth-order valence-corrected chi connectivity index (χ4v) is 3.60. The smallest absolute Gasteiger partial charge is 0.270 e. The van der Waals surface area contributed by atoms with Gasteiger partial charge in [0.25, 0.3) is 11.8 Å². The van der Waals surface area contributed by atoms with E-state index in [0.717, 1.165) is 17.0 Å². The first-order valence-electron chi connectivity index (χ1n) is 9.28. The molecule has 0 aliphatic carbocycles. The third kappa shape index (κ3) is 3.51. The van der Waals surface area contributed by atoms with Crippen LogP contribution < -0.4 is 15.0 Å². The van der Waals surface area contributed by atoms with Crippen LogP contribution in [-0.4, -0.2) is 28.6 Å². The van der Waals surface area contributed by atoms with Crippen molar-refractivity contribution in [3.8, 4) is 11.4 Å². The van der Waals surface area contributed by atoms with Crippen LogP contribution in [-0.2, 0) is 9.59 Å². The van der Waals surface area contributed by atoms with Crippen molar-refractivity contribution in [3.63, 3.8) is 0 Å². The number of nitrogens with zero attached hydrogens (tertiary/aromatic N) is 2. The standard InChI is InChI=1S/C23H19N3O3S/c1-15-6-3-4-8-20(15)26-22(28)19(21(27)24-23(26)30)14-17-7-5-13-25(17)16-9-11-18(29-2)12-10-16/h3-14H,1-2H3,(H,24,27,30)/b19-14+. The molecule has 30 heavy (non-hydrogen) atoms. The highest BCUT2D eigenvalue weighted by molar-refractivity contribution is 7.80. The van der Waals surface area contributed by atoms with E-state index in [9.17, 15) is 9.59 Å². The van der Waals surface area contributed by atoms with Crippen molar-refractivity contribution in [2.75, 3.05) is 12.0 Å². The number of aryl methyl sites for hydroxylation is 1. The molecule has 6 nitrogen and oxygen atoms in total. The van der Waals surface area contributed by atoms with Crippen molar-refractivity contribution < 1.29 is 14.3 Å². The highest BCUT2D eigenvalue weighted by atomic mass is 32.1. The van der Waals surface area contributed by atoms with Gasteiger partial charge in [-0.25, -0.2) is 0 Å². The van der Waals surface area contributed by atoms with Crippen LogP contribution in [0.4, 0.5) is 5.69 Å². The number of carbonyl (C=O) groups excluding carboxylic acids is 2. The third-order valence-electron chi connectivity index (χ3n) is 4.88. The molecular weight excluding hydrogens is 398 g/mol. The second kappa shape index (κ2) is 7.96. The number of para-hydroxylation sites is 1. The van der Waals surface area contributed by atoms with E-state index >= 15 is 0 Å². The Balaban J connectivity index is 1.74. The summed E-state index contributed by atoms with van der Waals surface area (Å²) < 4.78 is 7.09. The maximum atomic E-state index is 13.2. The van der Waals surface area contributed by atoms with Gasteiger partial charge >= 0.3 is 0 Å². The van der Waals surface area contributed by atoms with Crippen molar-refractivity contribution in [1.82, 2.24) is 9.88 Å². The van der Waals surface area contributed by atoms with Crippen molar-refractivity contribution in [1.29, 1.82) is 0 Å². The van der Waals surface area contributed by atoms with E-state index in [1.807, 2.05) is 72.3 Å². The van der Waals surface area contributed by atoms with Gasteiger partial charge in [-0.1, -0.05) is 18.2 Å². The zero-order valence-corrected chi connectivity index (χ0v) is 17.3. The van der Waals surface area contributed by atoms with Crippen LogP contribution in [0.5, 0.6) is 5.75 Å². The van der Waals surface area contributed by atoms with Crippen LogP contribution in [0.15, 0.2) is 72.4 Å². The molecule has 0 bridgehead atoms. The highest BCUT2D eigenvalue weighted by Crippen LogP contribution is 2.26. The average Bonchev–Trinajstić information content (AvgIpc) is 3.20. The first kappa shape index (κ1) is 19.6. The summed E-state index contributed by atoms with van der Waals surface area (Å²) in [7, 11) is 1.61. The Morgan fingerprint density at radius 3 is 2.43 bits per heavy atom. The number of anilines is 1. The summed E-state index contributed by atoms with van der Waals surface area (Å²) in [5.41, 5.74) is 3.10. The Bertz CT molecular complexity index is 1180. The number of amides is 2. The predicted molar refractivity (Wildman–Crippen MR) is 120 cm³/mol. The molecule has 1 aliphatic heterocycles. The lowest BCUT2D eigenvalue weighted by Crippen LogP contribution is -2.54. The number of carbonyl (C=O) groups is 2. The Labute approximate surface area is 179 Å². The number of thiocarbonyl (C=S) groups is 1. The monoisotopic (exact) mass is 417 g/mol. The minimum absolute atomic E-state index is 0.0142. The molecule has 7 heteroatoms.